The molecule has 1 amide bonds. The van der Waals surface area contributed by atoms with Crippen molar-refractivity contribution in [1.82, 2.24) is 5.32 Å². The van der Waals surface area contributed by atoms with Crippen molar-refractivity contribution in [2.24, 2.45) is 0 Å². The van der Waals surface area contributed by atoms with Crippen molar-refractivity contribution in [3.05, 3.63) is 11.1 Å². The molecule has 0 unspecified atom stereocenters. The lowest BCUT2D eigenvalue weighted by atomic mass is 10.0. The number of nitrogens with one attached hydrogen (secondary N) is 1. The van der Waals surface area contributed by atoms with Crippen LogP contribution in [-0.2, 0) is 28.2 Å². The fourth-order valence-corrected chi connectivity index (χ4v) is 4.43. The van der Waals surface area contributed by atoms with E-state index in [-0.39, 0.29) is 23.2 Å². The van der Waals surface area contributed by atoms with Gasteiger partial charge in [0, 0.05) is 0 Å². The zero-order chi connectivity index (χ0) is 21.1. The molecule has 0 aromatic rings. The molecule has 8 heteroatoms. The summed E-state index contributed by atoms with van der Waals surface area (Å²) in [5.41, 5.74) is 1.62. The maximum Gasteiger partial charge on any atom is 0.253 e. The van der Waals surface area contributed by atoms with Crippen molar-refractivity contribution in [1.29, 1.82) is 0 Å². The minimum Gasteiger partial charge on any atom is -0.414 e. The maximum absolute atomic E-state index is 11.9. The summed E-state index contributed by atoms with van der Waals surface area (Å²) >= 11 is 0. The summed E-state index contributed by atoms with van der Waals surface area (Å²) in [5, 5.41) is 2.92. The summed E-state index contributed by atoms with van der Waals surface area (Å²) in [6.45, 7) is 19.0. The van der Waals surface area contributed by atoms with E-state index in [4.69, 9.17) is 23.4 Å². The summed E-state index contributed by atoms with van der Waals surface area (Å²) in [5.74, 6) is -0.817. The van der Waals surface area contributed by atoms with Gasteiger partial charge in [-0.3, -0.25) is 4.79 Å². The van der Waals surface area contributed by atoms with Crippen LogP contribution in [-0.4, -0.2) is 57.4 Å². The first-order valence-electron chi connectivity index (χ1n) is 10.0. The number of β-lactam (4-membered cyclic amide) rings is 1. The van der Waals surface area contributed by atoms with Gasteiger partial charge in [0.25, 0.3) is 5.91 Å². The smallest absolute Gasteiger partial charge is 0.253 e. The van der Waals surface area contributed by atoms with Crippen LogP contribution in [0.15, 0.2) is 11.1 Å². The highest BCUT2D eigenvalue weighted by Crippen LogP contribution is 2.42. The number of carbonyl (C=O) groups is 1. The molecule has 0 aromatic heterocycles. The average molecular weight is 414 g/mol. The van der Waals surface area contributed by atoms with Crippen molar-refractivity contribution in [2.75, 3.05) is 6.61 Å². The predicted octanol–water partition coefficient (Wildman–Crippen LogP) is 3.06. The van der Waals surface area contributed by atoms with Gasteiger partial charge >= 0.3 is 0 Å². The van der Waals surface area contributed by atoms with Gasteiger partial charge < -0.3 is 28.7 Å². The molecule has 0 spiro atoms. The van der Waals surface area contributed by atoms with Crippen LogP contribution >= 0.6 is 0 Å². The number of hydrogen-bond donors (Lipinski definition) is 1. The van der Waals surface area contributed by atoms with E-state index < -0.39 is 32.7 Å². The van der Waals surface area contributed by atoms with E-state index in [0.717, 1.165) is 5.57 Å². The van der Waals surface area contributed by atoms with Crippen LogP contribution in [0.2, 0.25) is 18.1 Å². The molecule has 160 valence electrons. The van der Waals surface area contributed by atoms with Crippen LogP contribution in [0.4, 0.5) is 0 Å². The summed E-state index contributed by atoms with van der Waals surface area (Å²) in [6.07, 6.45) is -2.03. The van der Waals surface area contributed by atoms with Gasteiger partial charge in [-0.25, -0.2) is 0 Å². The summed E-state index contributed by atoms with van der Waals surface area (Å²) in [4.78, 5) is 11.9. The third kappa shape index (κ3) is 4.08. The van der Waals surface area contributed by atoms with Gasteiger partial charge in [0.15, 0.2) is 26.6 Å². The fraction of sp³-hybridized carbons (Fsp3) is 0.850. The molecular formula is C20H35NO6Si. The first-order valence-corrected chi connectivity index (χ1v) is 12.9. The second kappa shape index (κ2) is 7.18. The highest BCUT2D eigenvalue weighted by Gasteiger charge is 2.57. The Balaban J connectivity index is 1.74. The van der Waals surface area contributed by atoms with Crippen molar-refractivity contribution in [3.8, 4) is 0 Å². The van der Waals surface area contributed by atoms with Crippen LogP contribution < -0.4 is 5.32 Å². The zero-order valence-corrected chi connectivity index (χ0v) is 19.5. The molecule has 28 heavy (non-hydrogen) atoms. The molecule has 3 aliphatic heterocycles. The SMILES string of the molecule is CC(C)=C1C(=O)N[C@@H]1O[C@@H]1[C@H]2OC(C)(C)O[C@H]2O[C@@H]1CO[Si](C)(C)C(C)(C)C. The maximum atomic E-state index is 11.9. The van der Waals surface area contributed by atoms with Crippen molar-refractivity contribution < 1.29 is 28.2 Å². The molecule has 0 saturated carbocycles. The quantitative estimate of drug-likeness (QED) is 0.424. The molecule has 0 bridgehead atoms. The minimum absolute atomic E-state index is 0.0848. The Kier molecular flexibility index (Phi) is 5.62. The Morgan fingerprint density at radius 2 is 1.86 bits per heavy atom. The normalized spacial score (nSPS) is 34.8. The van der Waals surface area contributed by atoms with Gasteiger partial charge in [0.2, 0.25) is 0 Å². The second-order valence-electron chi connectivity index (χ2n) is 10.1. The van der Waals surface area contributed by atoms with E-state index in [2.05, 4.69) is 39.2 Å². The molecule has 0 aliphatic carbocycles. The highest BCUT2D eigenvalue weighted by molar-refractivity contribution is 6.74. The largest absolute Gasteiger partial charge is 0.414 e. The van der Waals surface area contributed by atoms with E-state index in [1.165, 1.54) is 0 Å². The number of ether oxygens (including phenoxy) is 4. The summed E-state index contributed by atoms with van der Waals surface area (Å²) in [7, 11) is -1.94. The molecule has 1 N–H and O–H groups in total. The van der Waals surface area contributed by atoms with E-state index in [1.807, 2.05) is 27.7 Å². The van der Waals surface area contributed by atoms with E-state index >= 15 is 0 Å². The summed E-state index contributed by atoms with van der Waals surface area (Å²) in [6, 6.07) is 0. The Morgan fingerprint density at radius 1 is 1.21 bits per heavy atom. The Bertz CT molecular complexity index is 664. The van der Waals surface area contributed by atoms with Crippen LogP contribution in [0.5, 0.6) is 0 Å². The van der Waals surface area contributed by atoms with E-state index in [0.29, 0.717) is 12.2 Å². The van der Waals surface area contributed by atoms with Gasteiger partial charge in [-0.1, -0.05) is 26.3 Å². The molecule has 3 rings (SSSR count). The van der Waals surface area contributed by atoms with E-state index in [1.54, 1.807) is 0 Å². The molecule has 5 atom stereocenters. The Morgan fingerprint density at radius 3 is 2.39 bits per heavy atom. The van der Waals surface area contributed by atoms with Crippen molar-refractivity contribution in [2.45, 2.75) is 103 Å². The average Bonchev–Trinajstić information content (AvgIpc) is 2.95. The number of fused-ring (bicyclic) bond motifs is 1. The third-order valence-corrected chi connectivity index (χ3v) is 10.6. The third-order valence-electron chi connectivity index (χ3n) is 6.10. The first-order chi connectivity index (χ1) is 12.7. The number of allylic oxidation sites excluding steroid dienone is 1. The lowest BCUT2D eigenvalue weighted by Crippen LogP contribution is -2.57. The highest BCUT2D eigenvalue weighted by atomic mass is 28.4. The van der Waals surface area contributed by atoms with Crippen molar-refractivity contribution in [3.63, 3.8) is 0 Å². The van der Waals surface area contributed by atoms with Gasteiger partial charge in [0.1, 0.15) is 18.3 Å². The van der Waals surface area contributed by atoms with Crippen LogP contribution in [0, 0.1) is 0 Å². The van der Waals surface area contributed by atoms with Crippen LogP contribution in [0.25, 0.3) is 0 Å². The molecule has 3 saturated heterocycles. The van der Waals surface area contributed by atoms with Gasteiger partial charge in [-0.2, -0.15) is 0 Å². The predicted molar refractivity (Wildman–Crippen MR) is 107 cm³/mol. The van der Waals surface area contributed by atoms with Gasteiger partial charge in [-0.15, -0.1) is 0 Å². The zero-order valence-electron chi connectivity index (χ0n) is 18.5. The molecule has 3 heterocycles. The standard InChI is InChI=1S/C20H35NO6Si/c1-11(2)13-16(22)21-17(13)25-14-12(10-23-28(8,9)19(3,4)5)24-18-15(14)26-20(6,7)27-18/h12,14-15,17-18H,10H2,1-9H3,(H,21,22)/t12-,14+,15-,17-,18-/m1/s1. The lowest BCUT2D eigenvalue weighted by molar-refractivity contribution is -0.225. The summed E-state index contributed by atoms with van der Waals surface area (Å²) < 4.78 is 30.7. The lowest BCUT2D eigenvalue weighted by Gasteiger charge is -2.39. The Labute approximate surface area is 169 Å². The molecule has 3 fully saturated rings. The molecule has 0 aromatic carbocycles. The monoisotopic (exact) mass is 413 g/mol. The van der Waals surface area contributed by atoms with Crippen LogP contribution in [0.1, 0.15) is 48.5 Å². The van der Waals surface area contributed by atoms with Crippen LogP contribution in [0.3, 0.4) is 0 Å². The van der Waals surface area contributed by atoms with E-state index in [9.17, 15) is 4.79 Å². The number of amides is 1. The number of hydrogen-bond acceptors (Lipinski definition) is 6. The Hall–Kier alpha value is -0.773. The molecule has 7 nitrogen and oxygen atoms in total. The second-order valence-corrected chi connectivity index (χ2v) is 14.9. The molecular weight excluding hydrogens is 378 g/mol. The van der Waals surface area contributed by atoms with Crippen molar-refractivity contribution >= 4 is 14.2 Å². The first kappa shape index (κ1) is 21.9. The van der Waals surface area contributed by atoms with Gasteiger partial charge in [0.05, 0.1) is 12.2 Å². The fourth-order valence-electron chi connectivity index (χ4n) is 3.41. The molecule has 3 aliphatic rings. The minimum atomic E-state index is -1.94. The van der Waals surface area contributed by atoms with Gasteiger partial charge in [-0.05, 0) is 45.8 Å². The number of carbonyl (C=O) groups excluding carboxylic acids is 1. The number of rotatable bonds is 5. The molecule has 0 radical (unpaired) electrons. The topological polar surface area (TPSA) is 75.3 Å².